The Morgan fingerprint density at radius 1 is 1.18 bits per heavy atom. The van der Waals surface area contributed by atoms with Crippen molar-refractivity contribution in [3.05, 3.63) is 58.9 Å². The van der Waals surface area contributed by atoms with E-state index in [1.165, 1.54) is 18.1 Å². The van der Waals surface area contributed by atoms with Gasteiger partial charge in [-0.15, -0.1) is 0 Å². The maximum Gasteiger partial charge on any atom is 0.269 e. The standard InChI is InChI=1S/C23H30ClN5O3S/c1-13-7-8-14(9-19(13)29(26)12-16(25)21(24)30)22(31)27-17-10-15(23(2,3)4)11-18(28-33-6)20(17)32-5/h7-12,28H,25-26H2,1-6H3,(H,27,31)/b16-12-. The zero-order chi connectivity index (χ0) is 24.9. The number of anilines is 3. The first-order chi connectivity index (χ1) is 15.4. The van der Waals surface area contributed by atoms with E-state index < -0.39 is 5.24 Å². The Balaban J connectivity index is 2.47. The van der Waals surface area contributed by atoms with Crippen LogP contribution >= 0.6 is 23.5 Å². The Labute approximate surface area is 203 Å². The summed E-state index contributed by atoms with van der Waals surface area (Å²) in [6.07, 6.45) is 3.11. The molecule has 0 aliphatic carbocycles. The fourth-order valence-electron chi connectivity index (χ4n) is 3.05. The second-order valence-electron chi connectivity index (χ2n) is 8.38. The number of hydrogen-bond acceptors (Lipinski definition) is 8. The van der Waals surface area contributed by atoms with E-state index in [4.69, 9.17) is 27.9 Å². The molecule has 2 rings (SSSR count). The van der Waals surface area contributed by atoms with Crippen LogP contribution in [0, 0.1) is 6.92 Å². The first-order valence-corrected chi connectivity index (χ1v) is 11.6. The first kappa shape index (κ1) is 26.4. The third kappa shape index (κ3) is 6.56. The van der Waals surface area contributed by atoms with Gasteiger partial charge < -0.3 is 20.5 Å². The maximum atomic E-state index is 13.2. The molecule has 8 nitrogen and oxygen atoms in total. The van der Waals surface area contributed by atoms with Gasteiger partial charge in [-0.1, -0.05) is 38.8 Å². The minimum Gasteiger partial charge on any atom is -0.492 e. The highest BCUT2D eigenvalue weighted by atomic mass is 35.5. The molecule has 0 atom stereocenters. The first-order valence-electron chi connectivity index (χ1n) is 10.0. The number of nitrogens with one attached hydrogen (secondary N) is 2. The number of ether oxygens (including phenoxy) is 1. The number of amides is 1. The van der Waals surface area contributed by atoms with Crippen LogP contribution in [0.3, 0.4) is 0 Å². The summed E-state index contributed by atoms with van der Waals surface area (Å²) in [5.74, 6) is 6.20. The van der Waals surface area contributed by atoms with E-state index in [0.29, 0.717) is 22.7 Å². The van der Waals surface area contributed by atoms with Gasteiger partial charge in [0.2, 0.25) is 0 Å². The fraction of sp³-hybridized carbons (Fsp3) is 0.304. The van der Waals surface area contributed by atoms with Gasteiger partial charge in [0.25, 0.3) is 11.1 Å². The summed E-state index contributed by atoms with van der Waals surface area (Å²) in [6, 6.07) is 8.95. The molecule has 6 N–H and O–H groups in total. The van der Waals surface area contributed by atoms with Crippen molar-refractivity contribution in [3.63, 3.8) is 0 Å². The van der Waals surface area contributed by atoms with Crippen LogP contribution in [-0.2, 0) is 10.2 Å². The lowest BCUT2D eigenvalue weighted by atomic mass is 9.86. The molecule has 1 amide bonds. The smallest absolute Gasteiger partial charge is 0.269 e. The van der Waals surface area contributed by atoms with Gasteiger partial charge in [0.05, 0.1) is 24.2 Å². The molecule has 0 fully saturated rings. The second-order valence-corrected chi connectivity index (χ2v) is 9.34. The Hall–Kier alpha value is -2.88. The molecule has 178 valence electrons. The average molecular weight is 492 g/mol. The average Bonchev–Trinajstić information content (AvgIpc) is 2.73. The lowest BCUT2D eigenvalue weighted by Crippen LogP contribution is -2.28. The van der Waals surface area contributed by atoms with Crippen LogP contribution in [0.4, 0.5) is 17.1 Å². The van der Waals surface area contributed by atoms with Crippen molar-refractivity contribution in [1.82, 2.24) is 0 Å². The summed E-state index contributed by atoms with van der Waals surface area (Å²) in [5, 5.41) is 3.28. The number of aryl methyl sites for hydroxylation is 1. The van der Waals surface area contributed by atoms with E-state index in [2.05, 4.69) is 30.8 Å². The highest BCUT2D eigenvalue weighted by Crippen LogP contribution is 2.39. The summed E-state index contributed by atoms with van der Waals surface area (Å²) in [7, 11) is 1.55. The van der Waals surface area contributed by atoms with Crippen LogP contribution in [-0.4, -0.2) is 24.5 Å². The number of carbonyl (C=O) groups is 2. The van der Waals surface area contributed by atoms with Crippen molar-refractivity contribution in [2.45, 2.75) is 33.1 Å². The number of nitrogens with zero attached hydrogens (tertiary/aromatic N) is 1. The Bertz CT molecular complexity index is 1080. The number of hydrazine groups is 1. The van der Waals surface area contributed by atoms with Crippen LogP contribution in [0.25, 0.3) is 0 Å². The highest BCUT2D eigenvalue weighted by molar-refractivity contribution is 7.99. The van der Waals surface area contributed by atoms with E-state index in [0.717, 1.165) is 21.8 Å². The molecule has 0 aliphatic heterocycles. The quantitative estimate of drug-likeness (QED) is 0.140. The summed E-state index contributed by atoms with van der Waals surface area (Å²) < 4.78 is 8.81. The molecular formula is C23H30ClN5O3S. The van der Waals surface area contributed by atoms with Crippen molar-refractivity contribution >= 4 is 51.8 Å². The molecule has 10 heteroatoms. The van der Waals surface area contributed by atoms with Gasteiger partial charge >= 0.3 is 0 Å². The number of halogens is 1. The molecule has 0 heterocycles. The van der Waals surface area contributed by atoms with Gasteiger partial charge in [0.1, 0.15) is 5.70 Å². The number of allylic oxidation sites excluding steroid dienone is 1. The molecule has 2 aromatic carbocycles. The molecule has 0 saturated heterocycles. The van der Waals surface area contributed by atoms with E-state index >= 15 is 0 Å². The van der Waals surface area contributed by atoms with Crippen LogP contribution in [0.5, 0.6) is 5.75 Å². The maximum absolute atomic E-state index is 13.2. The van der Waals surface area contributed by atoms with Crippen LogP contribution in [0.15, 0.2) is 42.2 Å². The van der Waals surface area contributed by atoms with E-state index in [1.807, 2.05) is 25.3 Å². The topological polar surface area (TPSA) is 123 Å². The van der Waals surface area contributed by atoms with Gasteiger partial charge in [-0.05, 0) is 59.3 Å². The van der Waals surface area contributed by atoms with Crippen molar-refractivity contribution in [2.75, 3.05) is 28.4 Å². The van der Waals surface area contributed by atoms with Crippen LogP contribution < -0.4 is 31.4 Å². The number of hydrogen-bond donors (Lipinski definition) is 4. The van der Waals surface area contributed by atoms with Gasteiger partial charge in [0.15, 0.2) is 5.75 Å². The third-order valence-electron chi connectivity index (χ3n) is 4.87. The van der Waals surface area contributed by atoms with Crippen LogP contribution in [0.2, 0.25) is 0 Å². The summed E-state index contributed by atoms with van der Waals surface area (Å²) in [5.41, 5.74) is 9.17. The zero-order valence-corrected chi connectivity index (χ0v) is 21.1. The van der Waals surface area contributed by atoms with Crippen molar-refractivity contribution < 1.29 is 14.3 Å². The molecule has 0 spiro atoms. The molecule has 0 bridgehead atoms. The summed E-state index contributed by atoms with van der Waals surface area (Å²) >= 11 is 6.81. The second kappa shape index (κ2) is 10.8. The van der Waals surface area contributed by atoms with Gasteiger partial charge in [0, 0.05) is 18.0 Å². The molecule has 33 heavy (non-hydrogen) atoms. The lowest BCUT2D eigenvalue weighted by molar-refractivity contribution is -0.108. The number of benzene rings is 2. The SMILES string of the molecule is COc1c(NSC)cc(C(C)(C)C)cc1NC(=O)c1ccc(C)c(N(N)/C=C(\N)C(=O)Cl)c1. The molecule has 0 aliphatic rings. The summed E-state index contributed by atoms with van der Waals surface area (Å²) in [6.45, 7) is 8.10. The molecule has 0 radical (unpaired) electrons. The van der Waals surface area contributed by atoms with Crippen molar-refractivity contribution in [1.29, 1.82) is 0 Å². The number of rotatable bonds is 8. The Morgan fingerprint density at radius 3 is 2.36 bits per heavy atom. The number of carbonyl (C=O) groups excluding carboxylic acids is 2. The van der Waals surface area contributed by atoms with Gasteiger partial charge in [-0.3, -0.25) is 14.6 Å². The van der Waals surface area contributed by atoms with E-state index in [-0.39, 0.29) is 17.0 Å². The Morgan fingerprint density at radius 2 is 1.82 bits per heavy atom. The predicted molar refractivity (Wildman–Crippen MR) is 138 cm³/mol. The zero-order valence-electron chi connectivity index (χ0n) is 19.6. The highest BCUT2D eigenvalue weighted by Gasteiger charge is 2.21. The molecule has 0 saturated carbocycles. The minimum absolute atomic E-state index is 0.149. The molecule has 0 aromatic heterocycles. The third-order valence-corrected chi connectivity index (χ3v) is 5.52. The number of nitrogens with two attached hydrogens (primary N) is 2. The number of methoxy groups -OCH3 is 1. The Kier molecular flexibility index (Phi) is 8.65. The summed E-state index contributed by atoms with van der Waals surface area (Å²) in [4.78, 5) is 24.4. The van der Waals surface area contributed by atoms with Crippen molar-refractivity contribution in [3.8, 4) is 5.75 Å². The lowest BCUT2D eigenvalue weighted by Gasteiger charge is -2.24. The van der Waals surface area contributed by atoms with Gasteiger partial charge in [-0.25, -0.2) is 5.84 Å². The monoisotopic (exact) mass is 491 g/mol. The van der Waals surface area contributed by atoms with Crippen molar-refractivity contribution in [2.24, 2.45) is 11.6 Å². The molecular weight excluding hydrogens is 462 g/mol. The molecule has 2 aromatic rings. The normalized spacial score (nSPS) is 11.7. The minimum atomic E-state index is -0.822. The van der Waals surface area contributed by atoms with E-state index in [9.17, 15) is 9.59 Å². The van der Waals surface area contributed by atoms with Crippen LogP contribution in [0.1, 0.15) is 42.3 Å². The predicted octanol–water partition coefficient (Wildman–Crippen LogP) is 4.49. The van der Waals surface area contributed by atoms with Gasteiger partial charge in [-0.2, -0.15) is 0 Å². The molecule has 0 unspecified atom stereocenters. The largest absolute Gasteiger partial charge is 0.492 e. The van der Waals surface area contributed by atoms with E-state index in [1.54, 1.807) is 25.3 Å². The fourth-order valence-corrected chi connectivity index (χ4v) is 3.47.